The molecule has 1 unspecified atom stereocenters. The Morgan fingerprint density at radius 3 is 2.84 bits per heavy atom. The first-order valence-corrected chi connectivity index (χ1v) is 10.7. The summed E-state index contributed by atoms with van der Waals surface area (Å²) >= 11 is 2.96. The fourth-order valence-corrected chi connectivity index (χ4v) is 4.18. The second kappa shape index (κ2) is 8.27. The molecule has 0 radical (unpaired) electrons. The molecule has 0 aliphatic heterocycles. The number of aryl methyl sites for hydroxylation is 2. The van der Waals surface area contributed by atoms with Gasteiger partial charge in [0.25, 0.3) is 5.22 Å². The maximum Gasteiger partial charge on any atom is 0.277 e. The number of nitrogens with one attached hydrogen (secondary N) is 1. The van der Waals surface area contributed by atoms with Crippen LogP contribution in [0.3, 0.4) is 0 Å². The Morgan fingerprint density at radius 1 is 1.28 bits per heavy atom. The van der Waals surface area contributed by atoms with Crippen molar-refractivity contribution >= 4 is 35.1 Å². The van der Waals surface area contributed by atoms with Gasteiger partial charge in [-0.15, -0.1) is 10.2 Å². The first-order chi connectivity index (χ1) is 12.1. The predicted molar refractivity (Wildman–Crippen MR) is 103 cm³/mol. The number of hydrogen-bond acceptors (Lipinski definition) is 6. The van der Waals surface area contributed by atoms with Crippen LogP contribution in [0.5, 0.6) is 0 Å². The van der Waals surface area contributed by atoms with Crippen molar-refractivity contribution in [3.8, 4) is 0 Å². The van der Waals surface area contributed by atoms with Crippen LogP contribution in [0, 0.1) is 5.92 Å². The topological polar surface area (TPSA) is 68.0 Å². The quantitative estimate of drug-likeness (QED) is 0.730. The number of amides is 1. The SMILES string of the molecule is CSCc1nnc(SC(C(=O)Nc2ccc3c(c2)CCC3)C(C)C)o1. The average Bonchev–Trinajstić information content (AvgIpc) is 3.21. The summed E-state index contributed by atoms with van der Waals surface area (Å²) in [5.41, 5.74) is 3.62. The highest BCUT2D eigenvalue weighted by atomic mass is 32.2. The minimum Gasteiger partial charge on any atom is -0.415 e. The maximum absolute atomic E-state index is 12.8. The van der Waals surface area contributed by atoms with E-state index in [-0.39, 0.29) is 17.1 Å². The molecule has 0 saturated carbocycles. The molecule has 0 spiro atoms. The molecule has 1 aromatic heterocycles. The predicted octanol–water partition coefficient (Wildman–Crippen LogP) is 4.18. The van der Waals surface area contributed by atoms with E-state index in [4.69, 9.17) is 4.42 Å². The van der Waals surface area contributed by atoms with Crippen molar-refractivity contribution in [2.75, 3.05) is 11.6 Å². The average molecular weight is 378 g/mol. The minimum atomic E-state index is -0.282. The van der Waals surface area contributed by atoms with Gasteiger partial charge in [0, 0.05) is 5.69 Å². The Balaban J connectivity index is 1.68. The van der Waals surface area contributed by atoms with E-state index >= 15 is 0 Å². The summed E-state index contributed by atoms with van der Waals surface area (Å²) in [5.74, 6) is 1.40. The van der Waals surface area contributed by atoms with Crippen molar-refractivity contribution in [2.45, 2.75) is 49.3 Å². The third-order valence-electron chi connectivity index (χ3n) is 4.17. The summed E-state index contributed by atoms with van der Waals surface area (Å²) in [6.45, 7) is 4.05. The molecule has 1 aromatic carbocycles. The van der Waals surface area contributed by atoms with Crippen molar-refractivity contribution in [1.29, 1.82) is 0 Å². The van der Waals surface area contributed by atoms with Crippen LogP contribution in [-0.2, 0) is 23.4 Å². The van der Waals surface area contributed by atoms with Crippen LogP contribution in [0.4, 0.5) is 5.69 Å². The molecule has 1 aliphatic rings. The maximum atomic E-state index is 12.8. The van der Waals surface area contributed by atoms with E-state index in [2.05, 4.69) is 27.6 Å². The molecule has 25 heavy (non-hydrogen) atoms. The van der Waals surface area contributed by atoms with Gasteiger partial charge in [-0.1, -0.05) is 31.7 Å². The lowest BCUT2D eigenvalue weighted by molar-refractivity contribution is -0.116. The first kappa shape index (κ1) is 18.3. The van der Waals surface area contributed by atoms with Crippen molar-refractivity contribution in [3.05, 3.63) is 35.2 Å². The lowest BCUT2D eigenvalue weighted by Gasteiger charge is -2.18. The molecule has 1 aliphatic carbocycles. The number of carbonyl (C=O) groups is 1. The van der Waals surface area contributed by atoms with Crippen LogP contribution >= 0.6 is 23.5 Å². The highest BCUT2D eigenvalue weighted by Crippen LogP contribution is 2.30. The monoisotopic (exact) mass is 377 g/mol. The van der Waals surface area contributed by atoms with Gasteiger partial charge in [-0.25, -0.2) is 0 Å². The van der Waals surface area contributed by atoms with Gasteiger partial charge in [-0.2, -0.15) is 11.8 Å². The summed E-state index contributed by atoms with van der Waals surface area (Å²) < 4.78 is 5.61. The Morgan fingerprint density at radius 2 is 2.08 bits per heavy atom. The molecule has 2 aromatic rings. The Hall–Kier alpha value is -1.47. The van der Waals surface area contributed by atoms with Crippen LogP contribution in [0.1, 0.15) is 37.3 Å². The van der Waals surface area contributed by atoms with E-state index in [0.717, 1.165) is 18.5 Å². The van der Waals surface area contributed by atoms with Gasteiger partial charge in [-0.05, 0) is 54.7 Å². The molecule has 1 atom stereocenters. The first-order valence-electron chi connectivity index (χ1n) is 8.47. The highest BCUT2D eigenvalue weighted by Gasteiger charge is 2.26. The lowest BCUT2D eigenvalue weighted by atomic mass is 10.1. The highest BCUT2D eigenvalue weighted by molar-refractivity contribution is 8.00. The van der Waals surface area contributed by atoms with Crippen LogP contribution in [0.2, 0.25) is 0 Å². The molecule has 0 bridgehead atoms. The second-order valence-corrected chi connectivity index (χ2v) is 8.46. The lowest BCUT2D eigenvalue weighted by Crippen LogP contribution is -2.29. The van der Waals surface area contributed by atoms with Gasteiger partial charge in [0.2, 0.25) is 11.8 Å². The standard InChI is InChI=1S/C18H23N3O2S2/c1-11(2)16(25-18-21-20-15(23-18)10-24-3)17(22)19-14-8-7-12-5-4-6-13(12)9-14/h7-9,11,16H,4-6,10H2,1-3H3,(H,19,22). The van der Waals surface area contributed by atoms with E-state index in [1.54, 1.807) is 11.8 Å². The second-order valence-electron chi connectivity index (χ2n) is 6.50. The zero-order valence-corrected chi connectivity index (χ0v) is 16.4. The van der Waals surface area contributed by atoms with Gasteiger partial charge in [0.05, 0.1) is 11.0 Å². The summed E-state index contributed by atoms with van der Waals surface area (Å²) in [5, 5.41) is 11.3. The van der Waals surface area contributed by atoms with Gasteiger partial charge in [-0.3, -0.25) is 4.79 Å². The summed E-state index contributed by atoms with van der Waals surface area (Å²) in [6, 6.07) is 6.22. The Labute approximate surface area is 156 Å². The van der Waals surface area contributed by atoms with E-state index in [0.29, 0.717) is 16.9 Å². The van der Waals surface area contributed by atoms with Crippen molar-refractivity contribution in [1.82, 2.24) is 10.2 Å². The van der Waals surface area contributed by atoms with E-state index in [9.17, 15) is 4.79 Å². The number of carbonyl (C=O) groups excluding carboxylic acids is 1. The Kier molecular flexibility index (Phi) is 6.06. The van der Waals surface area contributed by atoms with Crippen molar-refractivity contribution < 1.29 is 9.21 Å². The molecular formula is C18H23N3O2S2. The van der Waals surface area contributed by atoms with Gasteiger partial charge >= 0.3 is 0 Å². The van der Waals surface area contributed by atoms with E-state index < -0.39 is 0 Å². The smallest absolute Gasteiger partial charge is 0.277 e. The van der Waals surface area contributed by atoms with E-state index in [1.165, 1.54) is 29.3 Å². The summed E-state index contributed by atoms with van der Waals surface area (Å²) in [7, 11) is 0. The number of rotatable bonds is 7. The van der Waals surface area contributed by atoms with Gasteiger partial charge in [0.1, 0.15) is 0 Å². The molecular weight excluding hydrogens is 354 g/mol. The van der Waals surface area contributed by atoms with Crippen molar-refractivity contribution in [3.63, 3.8) is 0 Å². The number of aromatic nitrogens is 2. The summed E-state index contributed by atoms with van der Waals surface area (Å²) in [4.78, 5) is 12.8. The molecule has 1 amide bonds. The van der Waals surface area contributed by atoms with Crippen LogP contribution in [0.15, 0.2) is 27.8 Å². The van der Waals surface area contributed by atoms with Crippen LogP contribution < -0.4 is 5.32 Å². The molecule has 0 fully saturated rings. The van der Waals surface area contributed by atoms with Gasteiger partial charge in [0.15, 0.2) is 0 Å². The molecule has 134 valence electrons. The van der Waals surface area contributed by atoms with Crippen LogP contribution in [-0.4, -0.2) is 27.6 Å². The number of thioether (sulfide) groups is 2. The van der Waals surface area contributed by atoms with Gasteiger partial charge < -0.3 is 9.73 Å². The van der Waals surface area contributed by atoms with Crippen LogP contribution in [0.25, 0.3) is 0 Å². The molecule has 3 rings (SSSR count). The molecule has 7 heteroatoms. The fourth-order valence-electron chi connectivity index (χ4n) is 2.93. The largest absolute Gasteiger partial charge is 0.415 e. The third-order valence-corrected chi connectivity index (χ3v) is 6.09. The molecule has 5 nitrogen and oxygen atoms in total. The molecule has 1 N–H and O–H groups in total. The zero-order valence-electron chi connectivity index (χ0n) is 14.7. The number of hydrogen-bond donors (Lipinski definition) is 1. The third kappa shape index (κ3) is 4.58. The Bertz CT molecular complexity index is 746. The molecule has 1 heterocycles. The minimum absolute atomic E-state index is 0.0254. The number of fused-ring (bicyclic) bond motifs is 1. The normalized spacial score (nSPS) is 14.6. The zero-order chi connectivity index (χ0) is 17.8. The summed E-state index contributed by atoms with van der Waals surface area (Å²) in [6.07, 6.45) is 5.43. The molecule has 0 saturated heterocycles. The van der Waals surface area contributed by atoms with E-state index in [1.807, 2.05) is 26.2 Å². The number of nitrogens with zero attached hydrogens (tertiary/aromatic N) is 2. The fraction of sp³-hybridized carbons (Fsp3) is 0.500. The van der Waals surface area contributed by atoms with Crippen molar-refractivity contribution in [2.24, 2.45) is 5.92 Å². The number of anilines is 1. The number of benzene rings is 1.